The van der Waals surface area contributed by atoms with Gasteiger partial charge in [-0.25, -0.2) is 9.38 Å². The largest absolute Gasteiger partial charge is 0.356 e. The fourth-order valence-electron chi connectivity index (χ4n) is 2.25. The van der Waals surface area contributed by atoms with Crippen LogP contribution in [0.15, 0.2) is 66.2 Å². The van der Waals surface area contributed by atoms with Gasteiger partial charge in [0.2, 0.25) is 0 Å². The molecule has 6 nitrogen and oxygen atoms in total. The van der Waals surface area contributed by atoms with Gasteiger partial charge in [-0.05, 0) is 23.6 Å². The highest BCUT2D eigenvalue weighted by molar-refractivity contribution is 14.0. The van der Waals surface area contributed by atoms with Gasteiger partial charge in [0.25, 0.3) is 5.69 Å². The molecule has 0 saturated carbocycles. The van der Waals surface area contributed by atoms with E-state index in [0.29, 0.717) is 37.6 Å². The summed E-state index contributed by atoms with van der Waals surface area (Å²) in [4.78, 5) is 14.7. The van der Waals surface area contributed by atoms with Crippen LogP contribution in [0.4, 0.5) is 10.1 Å². The van der Waals surface area contributed by atoms with Crippen LogP contribution in [0.1, 0.15) is 11.1 Å². The number of non-ortho nitro benzene ring substituents is 1. The Balaban J connectivity index is 0.00000364. The van der Waals surface area contributed by atoms with Crippen molar-refractivity contribution < 1.29 is 9.31 Å². The zero-order chi connectivity index (χ0) is 18.8. The maximum Gasteiger partial charge on any atom is 0.269 e. The highest BCUT2D eigenvalue weighted by Gasteiger charge is 2.05. The predicted molar refractivity (Wildman–Crippen MR) is 116 cm³/mol. The van der Waals surface area contributed by atoms with E-state index in [9.17, 15) is 14.5 Å². The first-order valence-electron chi connectivity index (χ1n) is 8.20. The topological polar surface area (TPSA) is 79.6 Å². The molecule has 2 N–H and O–H groups in total. The summed E-state index contributed by atoms with van der Waals surface area (Å²) in [5.41, 5.74) is 1.54. The number of benzene rings is 2. The molecule has 0 bridgehead atoms. The molecule has 8 heteroatoms. The molecule has 0 aromatic heterocycles. The molecule has 0 aliphatic heterocycles. The summed E-state index contributed by atoms with van der Waals surface area (Å²) in [6.45, 7) is 5.07. The summed E-state index contributed by atoms with van der Waals surface area (Å²) in [5.74, 6) is 0.345. The van der Waals surface area contributed by atoms with Crippen LogP contribution >= 0.6 is 24.0 Å². The minimum atomic E-state index is -0.436. The molecule has 0 fully saturated rings. The highest BCUT2D eigenvalue weighted by atomic mass is 127. The van der Waals surface area contributed by atoms with E-state index < -0.39 is 4.92 Å². The zero-order valence-electron chi connectivity index (χ0n) is 14.7. The third kappa shape index (κ3) is 7.73. The van der Waals surface area contributed by atoms with Gasteiger partial charge in [0.1, 0.15) is 5.82 Å². The second-order valence-corrected chi connectivity index (χ2v) is 5.53. The maximum atomic E-state index is 13.6. The Morgan fingerprint density at radius 3 is 2.52 bits per heavy atom. The van der Waals surface area contributed by atoms with Crippen molar-refractivity contribution in [2.45, 2.75) is 13.0 Å². The van der Waals surface area contributed by atoms with E-state index in [2.05, 4.69) is 22.2 Å². The monoisotopic (exact) mass is 484 g/mol. The second-order valence-electron chi connectivity index (χ2n) is 5.53. The quantitative estimate of drug-likeness (QED) is 0.149. The molecular weight excluding hydrogens is 462 g/mol. The van der Waals surface area contributed by atoms with Crippen LogP contribution in [0.2, 0.25) is 0 Å². The van der Waals surface area contributed by atoms with E-state index in [1.807, 2.05) is 0 Å². The van der Waals surface area contributed by atoms with E-state index in [4.69, 9.17) is 0 Å². The predicted octanol–water partition coefficient (Wildman–Crippen LogP) is 3.82. The molecule has 0 unspecified atom stereocenters. The Morgan fingerprint density at radius 1 is 1.19 bits per heavy atom. The normalized spacial score (nSPS) is 10.6. The van der Waals surface area contributed by atoms with E-state index >= 15 is 0 Å². The summed E-state index contributed by atoms with van der Waals surface area (Å²) in [6, 6.07) is 12.9. The van der Waals surface area contributed by atoms with Gasteiger partial charge in [0.05, 0.1) is 11.5 Å². The van der Waals surface area contributed by atoms with E-state index in [1.54, 1.807) is 36.4 Å². The number of hydrogen-bond donors (Lipinski definition) is 2. The van der Waals surface area contributed by atoms with Crippen molar-refractivity contribution in [2.75, 3.05) is 13.1 Å². The molecule has 0 spiro atoms. The van der Waals surface area contributed by atoms with E-state index in [-0.39, 0.29) is 35.5 Å². The minimum absolute atomic E-state index is 0. The molecule has 0 atom stereocenters. The van der Waals surface area contributed by atoms with Crippen LogP contribution in [0, 0.1) is 15.9 Å². The average molecular weight is 484 g/mol. The number of halogens is 2. The van der Waals surface area contributed by atoms with Gasteiger partial charge in [-0.1, -0.05) is 36.4 Å². The average Bonchev–Trinajstić information content (AvgIpc) is 2.65. The fraction of sp³-hybridized carbons (Fsp3) is 0.211. The van der Waals surface area contributed by atoms with Crippen LogP contribution in [-0.4, -0.2) is 24.0 Å². The molecule has 0 aliphatic rings. The Morgan fingerprint density at radius 2 is 1.89 bits per heavy atom. The Kier molecular flexibility index (Phi) is 10.0. The minimum Gasteiger partial charge on any atom is -0.356 e. The Labute approximate surface area is 174 Å². The van der Waals surface area contributed by atoms with E-state index in [1.165, 1.54) is 18.2 Å². The smallest absolute Gasteiger partial charge is 0.269 e. The van der Waals surface area contributed by atoms with Crippen LogP contribution in [0.3, 0.4) is 0 Å². The number of nitro groups is 1. The van der Waals surface area contributed by atoms with Gasteiger partial charge in [-0.15, -0.1) is 30.6 Å². The third-order valence-corrected chi connectivity index (χ3v) is 3.63. The Bertz CT molecular complexity index is 782. The number of hydrogen-bond acceptors (Lipinski definition) is 3. The van der Waals surface area contributed by atoms with Crippen molar-refractivity contribution in [2.24, 2.45) is 4.99 Å². The molecule has 0 saturated heterocycles. The first-order valence-corrected chi connectivity index (χ1v) is 8.20. The summed E-state index contributed by atoms with van der Waals surface area (Å²) in [5, 5.41) is 16.9. The van der Waals surface area contributed by atoms with Crippen LogP contribution in [0.5, 0.6) is 0 Å². The summed E-state index contributed by atoms with van der Waals surface area (Å²) >= 11 is 0. The molecule has 27 heavy (non-hydrogen) atoms. The van der Waals surface area contributed by atoms with Crippen LogP contribution in [0.25, 0.3) is 0 Å². The molecular formula is C19H22FIN4O2. The van der Waals surface area contributed by atoms with Crippen molar-refractivity contribution in [3.8, 4) is 0 Å². The van der Waals surface area contributed by atoms with Gasteiger partial charge >= 0.3 is 0 Å². The fourth-order valence-corrected chi connectivity index (χ4v) is 2.25. The molecule has 0 amide bonds. The lowest BCUT2D eigenvalue weighted by atomic mass is 10.1. The number of aliphatic imine (C=N–C) groups is 1. The Hall–Kier alpha value is -2.49. The number of nitrogens with one attached hydrogen (secondary N) is 2. The van der Waals surface area contributed by atoms with Gasteiger partial charge < -0.3 is 10.6 Å². The third-order valence-electron chi connectivity index (χ3n) is 3.63. The second kappa shape index (κ2) is 12.0. The lowest BCUT2D eigenvalue weighted by Gasteiger charge is -2.12. The van der Waals surface area contributed by atoms with Crippen molar-refractivity contribution >= 4 is 35.6 Å². The highest BCUT2D eigenvalue weighted by Crippen LogP contribution is 2.12. The van der Waals surface area contributed by atoms with Gasteiger partial charge in [-0.3, -0.25) is 10.1 Å². The molecule has 2 rings (SSSR count). The van der Waals surface area contributed by atoms with Gasteiger partial charge in [0, 0.05) is 25.2 Å². The molecule has 0 aliphatic carbocycles. The first-order chi connectivity index (χ1) is 12.6. The molecule has 2 aromatic carbocycles. The lowest BCUT2D eigenvalue weighted by Crippen LogP contribution is -2.38. The van der Waals surface area contributed by atoms with Crippen molar-refractivity contribution in [3.63, 3.8) is 0 Å². The zero-order valence-corrected chi connectivity index (χ0v) is 17.1. The summed E-state index contributed by atoms with van der Waals surface area (Å²) < 4.78 is 13.6. The molecule has 0 radical (unpaired) electrons. The van der Waals surface area contributed by atoms with Crippen molar-refractivity contribution in [3.05, 3.63) is 88.2 Å². The standard InChI is InChI=1S/C19H21FN4O2.HI/c1-2-12-21-19(22-13-11-16-5-3-4-6-18(16)20)23-14-15-7-9-17(10-8-15)24(25)26;/h2-10H,1,11-14H2,(H2,21,22,23);1H. The van der Waals surface area contributed by atoms with Gasteiger partial charge in [-0.2, -0.15) is 0 Å². The first kappa shape index (κ1) is 22.6. The number of nitro benzene ring substituents is 1. The van der Waals surface area contributed by atoms with Crippen LogP contribution in [-0.2, 0) is 13.0 Å². The molecule has 0 heterocycles. The number of nitrogens with zero attached hydrogens (tertiary/aromatic N) is 2. The van der Waals surface area contributed by atoms with Crippen molar-refractivity contribution in [1.82, 2.24) is 10.6 Å². The van der Waals surface area contributed by atoms with Gasteiger partial charge in [0.15, 0.2) is 5.96 Å². The number of guanidine groups is 1. The van der Waals surface area contributed by atoms with Crippen molar-refractivity contribution in [1.29, 1.82) is 0 Å². The number of rotatable bonds is 8. The van der Waals surface area contributed by atoms with E-state index in [0.717, 1.165) is 5.56 Å². The molecule has 2 aromatic rings. The lowest BCUT2D eigenvalue weighted by molar-refractivity contribution is -0.384. The SMILES string of the molecule is C=CCNC(=NCc1ccc([N+](=O)[O-])cc1)NCCc1ccccc1F.I. The van der Waals surface area contributed by atoms with Crippen LogP contribution < -0.4 is 10.6 Å². The maximum absolute atomic E-state index is 13.6. The molecule has 144 valence electrons. The summed E-state index contributed by atoms with van der Waals surface area (Å²) in [7, 11) is 0. The summed E-state index contributed by atoms with van der Waals surface area (Å²) in [6.07, 6.45) is 2.24.